The largest absolute Gasteiger partial charge is 0.595 e. The van der Waals surface area contributed by atoms with Gasteiger partial charge in [0.1, 0.15) is 11.8 Å². The van der Waals surface area contributed by atoms with E-state index in [1.165, 1.54) is 30.9 Å². The van der Waals surface area contributed by atoms with Crippen molar-refractivity contribution in [2.75, 3.05) is 13.7 Å². The van der Waals surface area contributed by atoms with Gasteiger partial charge in [-0.1, -0.05) is 30.6 Å². The summed E-state index contributed by atoms with van der Waals surface area (Å²) >= 11 is 0. The summed E-state index contributed by atoms with van der Waals surface area (Å²) in [6.07, 6.45) is 10.5. The number of hydrogen-bond acceptors (Lipinski definition) is 9. The van der Waals surface area contributed by atoms with E-state index in [-0.39, 0.29) is 28.9 Å². The van der Waals surface area contributed by atoms with Gasteiger partial charge in [-0.05, 0) is 105 Å². The monoisotopic (exact) mass is 611 g/mol. The van der Waals surface area contributed by atoms with E-state index in [2.05, 4.69) is 30.4 Å². The first-order valence-corrected chi connectivity index (χ1v) is 15.7. The Bertz CT molecular complexity index is 1360. The lowest BCUT2D eigenvalue weighted by Gasteiger charge is -2.58. The molecule has 0 aromatic heterocycles. The SMILES string of the molecule is COC(=O)[C@H](Cc1ccc(O)c([NH+]([O-])O)c1)NC(=O)CON=C1C=C2CC[C@@H]3[C@H]4CC[C@H](C(C)=O)[C@@]4(C)CC[C@@H]3[C@@]2(C)CC1. The van der Waals surface area contributed by atoms with E-state index in [0.717, 1.165) is 57.1 Å². The van der Waals surface area contributed by atoms with Crippen LogP contribution >= 0.6 is 0 Å². The number of rotatable bonds is 9. The fourth-order valence-corrected chi connectivity index (χ4v) is 9.17. The zero-order valence-electron chi connectivity index (χ0n) is 26.1. The number of allylic oxidation sites excluding steroid dienone is 2. The van der Waals surface area contributed by atoms with E-state index in [1.54, 1.807) is 6.92 Å². The molecule has 0 bridgehead atoms. The van der Waals surface area contributed by atoms with Gasteiger partial charge in [-0.3, -0.25) is 9.59 Å². The molecule has 1 aromatic carbocycles. The summed E-state index contributed by atoms with van der Waals surface area (Å²) in [5.74, 6) is 0.785. The predicted octanol–water partition coefficient (Wildman–Crippen LogP) is 3.54. The van der Waals surface area contributed by atoms with Crippen LogP contribution in [0.15, 0.2) is 35.0 Å². The molecule has 44 heavy (non-hydrogen) atoms. The quantitative estimate of drug-likeness (QED) is 0.187. The smallest absolute Gasteiger partial charge is 0.328 e. The van der Waals surface area contributed by atoms with Crippen LogP contribution in [0.3, 0.4) is 0 Å². The second-order valence-electron chi connectivity index (χ2n) is 13.6. The van der Waals surface area contributed by atoms with Gasteiger partial charge in [0.2, 0.25) is 5.69 Å². The summed E-state index contributed by atoms with van der Waals surface area (Å²) in [6.45, 7) is 6.15. The normalized spacial score (nSPS) is 33.2. The van der Waals surface area contributed by atoms with Crippen LogP contribution in [0.5, 0.6) is 5.75 Å². The van der Waals surface area contributed by atoms with Gasteiger partial charge in [-0.2, -0.15) is 5.23 Å². The number of hydrogen-bond donors (Lipinski definition) is 4. The van der Waals surface area contributed by atoms with Gasteiger partial charge in [0.05, 0.1) is 12.8 Å². The maximum absolute atomic E-state index is 12.7. The number of nitrogens with one attached hydrogen (secondary N) is 2. The minimum atomic E-state index is -1.31. The number of carbonyl (C=O) groups is 3. The van der Waals surface area contributed by atoms with Crippen molar-refractivity contribution < 1.29 is 39.5 Å². The van der Waals surface area contributed by atoms with E-state index in [0.29, 0.717) is 29.1 Å². The Labute approximate surface area is 258 Å². The van der Waals surface area contributed by atoms with Crippen LogP contribution in [0.2, 0.25) is 0 Å². The summed E-state index contributed by atoms with van der Waals surface area (Å²) in [5.41, 5.74) is 2.58. The number of carbonyl (C=O) groups excluding carboxylic acids is 3. The van der Waals surface area contributed by atoms with Gasteiger partial charge < -0.3 is 25.2 Å². The molecular formula is C33H45N3O8. The number of amides is 1. The number of fused-ring (bicyclic) bond motifs is 5. The molecule has 0 saturated heterocycles. The first-order valence-electron chi connectivity index (χ1n) is 15.7. The summed E-state index contributed by atoms with van der Waals surface area (Å²) in [4.78, 5) is 42.9. The highest BCUT2D eigenvalue weighted by atomic mass is 16.8. The van der Waals surface area contributed by atoms with Gasteiger partial charge in [0.25, 0.3) is 5.91 Å². The standard InChI is InChI=1S/C33H45N3O8/c1-19(37)24-8-9-25-23-7-6-21-17-22(11-13-32(21,2)26(23)12-14-33(24,25)3)35-44-18-30(39)34-27(31(40)43-4)15-20-5-10-29(38)28(16-20)36(41)42/h5,10,16-17,23-27,36,38,41H,6-9,11-15,18H2,1-4H3,(H,34,39)/t23-,24-,25-,26+,27+,32+,33-/m1/s1. The second kappa shape index (κ2) is 12.6. The second-order valence-corrected chi connectivity index (χ2v) is 13.6. The van der Waals surface area contributed by atoms with Crippen molar-refractivity contribution in [3.05, 3.63) is 40.6 Å². The molecule has 0 spiro atoms. The molecule has 240 valence electrons. The lowest BCUT2D eigenvalue weighted by Crippen LogP contribution is -2.99. The third-order valence-corrected chi connectivity index (χ3v) is 11.4. The number of oxime groups is 1. The number of nitrogens with zero attached hydrogens (tertiary/aromatic N) is 1. The lowest BCUT2D eigenvalue weighted by molar-refractivity contribution is -0.991. The maximum Gasteiger partial charge on any atom is 0.328 e. The summed E-state index contributed by atoms with van der Waals surface area (Å²) in [7, 11) is 1.20. The number of phenolic OH excluding ortho intramolecular Hbond substituents is 1. The van der Waals surface area contributed by atoms with Crippen LogP contribution in [0.1, 0.15) is 77.7 Å². The number of phenols is 1. The molecule has 4 aliphatic rings. The molecule has 1 unspecified atom stereocenters. The van der Waals surface area contributed by atoms with Crippen LogP contribution in [0.4, 0.5) is 5.69 Å². The molecule has 11 nitrogen and oxygen atoms in total. The molecule has 4 aliphatic carbocycles. The van der Waals surface area contributed by atoms with Crippen LogP contribution in [0.25, 0.3) is 0 Å². The third-order valence-electron chi connectivity index (χ3n) is 11.4. The Balaban J connectivity index is 1.19. The van der Waals surface area contributed by atoms with E-state index >= 15 is 0 Å². The number of quaternary nitrogens is 1. The van der Waals surface area contributed by atoms with E-state index < -0.39 is 35.5 Å². The highest BCUT2D eigenvalue weighted by molar-refractivity contribution is 5.96. The van der Waals surface area contributed by atoms with Crippen LogP contribution in [0, 0.1) is 39.7 Å². The number of Topliss-reactive ketones (excluding diaryl/α,β-unsaturated/α-hetero) is 1. The lowest BCUT2D eigenvalue weighted by atomic mass is 9.46. The molecule has 0 heterocycles. The molecule has 3 fully saturated rings. The van der Waals surface area contributed by atoms with Crippen molar-refractivity contribution in [2.24, 2.45) is 39.7 Å². The van der Waals surface area contributed by atoms with Crippen LogP contribution in [-0.4, -0.2) is 53.4 Å². The summed E-state index contributed by atoms with van der Waals surface area (Å²) < 4.78 is 4.82. The fourth-order valence-electron chi connectivity index (χ4n) is 9.17. The molecule has 5 rings (SSSR count). The first kappa shape index (κ1) is 32.1. The Morgan fingerprint density at radius 3 is 2.61 bits per heavy atom. The number of methoxy groups -OCH3 is 1. The van der Waals surface area contributed by atoms with Crippen molar-refractivity contribution in [3.8, 4) is 5.75 Å². The molecule has 0 aliphatic heterocycles. The van der Waals surface area contributed by atoms with Gasteiger partial charge >= 0.3 is 5.97 Å². The molecular weight excluding hydrogens is 566 g/mol. The van der Waals surface area contributed by atoms with Gasteiger partial charge in [0, 0.05) is 18.4 Å². The van der Waals surface area contributed by atoms with Crippen molar-refractivity contribution in [1.82, 2.24) is 5.32 Å². The zero-order chi connectivity index (χ0) is 31.8. The van der Waals surface area contributed by atoms with Crippen molar-refractivity contribution in [2.45, 2.75) is 84.6 Å². The van der Waals surface area contributed by atoms with Gasteiger partial charge in [-0.15, -0.1) is 0 Å². The number of ketones is 1. The van der Waals surface area contributed by atoms with Gasteiger partial charge in [-0.25, -0.2) is 10.0 Å². The Morgan fingerprint density at radius 1 is 1.14 bits per heavy atom. The fraction of sp³-hybridized carbons (Fsp3) is 0.636. The minimum Gasteiger partial charge on any atom is -0.595 e. The van der Waals surface area contributed by atoms with Crippen molar-refractivity contribution in [3.63, 3.8) is 0 Å². The van der Waals surface area contributed by atoms with Crippen LogP contribution in [-0.2, 0) is 30.4 Å². The summed E-state index contributed by atoms with van der Waals surface area (Å²) in [5, 5.41) is 35.9. The molecule has 8 atom stereocenters. The molecule has 4 N–H and O–H groups in total. The predicted molar refractivity (Wildman–Crippen MR) is 161 cm³/mol. The van der Waals surface area contributed by atoms with Crippen molar-refractivity contribution in [1.29, 1.82) is 0 Å². The number of esters is 1. The molecule has 1 aromatic rings. The highest BCUT2D eigenvalue weighted by Gasteiger charge is 2.59. The molecule has 3 saturated carbocycles. The average Bonchev–Trinajstić information content (AvgIpc) is 3.35. The Kier molecular flexibility index (Phi) is 9.21. The Hall–Kier alpha value is -3.28. The molecule has 11 heteroatoms. The van der Waals surface area contributed by atoms with Crippen LogP contribution < -0.4 is 10.5 Å². The van der Waals surface area contributed by atoms with Gasteiger partial charge in [0.15, 0.2) is 12.4 Å². The average molecular weight is 612 g/mol. The maximum atomic E-state index is 12.7. The number of aromatic hydroxyl groups is 1. The third kappa shape index (κ3) is 6.01. The molecule has 1 amide bonds. The van der Waals surface area contributed by atoms with E-state index in [1.807, 2.05) is 0 Å². The zero-order valence-corrected chi connectivity index (χ0v) is 26.1. The van der Waals surface area contributed by atoms with E-state index in [9.17, 15) is 29.9 Å². The minimum absolute atomic E-state index is 0.0320. The summed E-state index contributed by atoms with van der Waals surface area (Å²) in [6, 6.07) is 2.88. The highest BCUT2D eigenvalue weighted by Crippen LogP contribution is 2.66. The number of ether oxygens (including phenoxy) is 1. The topological polar surface area (TPSA) is 162 Å². The number of benzene rings is 1. The molecule has 0 radical (unpaired) electrons. The Morgan fingerprint density at radius 2 is 1.91 bits per heavy atom. The van der Waals surface area contributed by atoms with Crippen molar-refractivity contribution >= 4 is 29.1 Å². The van der Waals surface area contributed by atoms with E-state index in [4.69, 9.17) is 9.57 Å². The first-order chi connectivity index (χ1) is 20.9.